The first-order chi connectivity index (χ1) is 17.1. The van der Waals surface area contributed by atoms with Crippen LogP contribution in [0.15, 0.2) is 48.5 Å². The second-order valence-electron chi connectivity index (χ2n) is 9.70. The van der Waals surface area contributed by atoms with Crippen LogP contribution < -0.4 is 9.47 Å². The Morgan fingerprint density at radius 1 is 1.09 bits per heavy atom. The zero-order valence-electron chi connectivity index (χ0n) is 20.5. The molecule has 2 aromatic carbocycles. The number of benzene rings is 2. The molecule has 2 aliphatic rings. The molecule has 1 fully saturated rings. The van der Waals surface area contributed by atoms with E-state index in [-0.39, 0.29) is 12.0 Å². The maximum absolute atomic E-state index is 11.0. The Kier molecular flexibility index (Phi) is 6.97. The topological polar surface area (TPSA) is 78.0 Å². The summed E-state index contributed by atoms with van der Waals surface area (Å²) in [7, 11) is 1.72. The van der Waals surface area contributed by atoms with Gasteiger partial charge in [0.25, 0.3) is 0 Å². The van der Waals surface area contributed by atoms with Gasteiger partial charge in [-0.15, -0.1) is 0 Å². The monoisotopic (exact) mass is 477 g/mol. The van der Waals surface area contributed by atoms with Gasteiger partial charge in [-0.25, -0.2) is 0 Å². The van der Waals surface area contributed by atoms with Crippen LogP contribution in [0.1, 0.15) is 36.9 Å². The van der Waals surface area contributed by atoms with Gasteiger partial charge in [0.15, 0.2) is 0 Å². The van der Waals surface area contributed by atoms with Gasteiger partial charge in [-0.05, 0) is 68.1 Å². The fraction of sp³-hybridized carbons (Fsp3) is 0.464. The molecule has 0 saturated carbocycles. The second kappa shape index (κ2) is 10.3. The number of unbranched alkanes of at least 4 members (excludes halogenated alkanes) is 1. The number of aliphatic carboxylic acids is 1. The number of carboxylic acid groups (broad SMARTS) is 1. The minimum atomic E-state index is -0.712. The Morgan fingerprint density at radius 2 is 1.94 bits per heavy atom. The predicted molar refractivity (Wildman–Crippen MR) is 136 cm³/mol. The van der Waals surface area contributed by atoms with E-state index in [0.717, 1.165) is 69.0 Å². The summed E-state index contributed by atoms with van der Waals surface area (Å²) in [5.74, 6) is 1.08. The number of fused-ring (bicyclic) bond motifs is 4. The molecule has 3 aromatic rings. The molecule has 2 aliphatic heterocycles. The number of ether oxygens (including phenoxy) is 2. The molecule has 3 heterocycles. The van der Waals surface area contributed by atoms with Crippen LogP contribution in [0.2, 0.25) is 0 Å². The van der Waals surface area contributed by atoms with Crippen molar-refractivity contribution in [2.45, 2.75) is 37.6 Å². The molecule has 0 aliphatic carbocycles. The fourth-order valence-corrected chi connectivity index (χ4v) is 5.87. The molecule has 35 heavy (non-hydrogen) atoms. The van der Waals surface area contributed by atoms with E-state index in [1.807, 2.05) is 36.4 Å². The van der Waals surface area contributed by atoms with Crippen molar-refractivity contribution in [2.75, 3.05) is 46.4 Å². The first-order valence-electron chi connectivity index (χ1n) is 12.7. The van der Waals surface area contributed by atoms with Gasteiger partial charge in [-0.2, -0.15) is 0 Å². The molecule has 1 aromatic heterocycles. The number of likely N-dealkylation sites (tertiary alicyclic amines) is 1. The summed E-state index contributed by atoms with van der Waals surface area (Å²) in [4.78, 5) is 19.9. The van der Waals surface area contributed by atoms with Crippen LogP contribution in [0.25, 0.3) is 10.9 Å². The molecule has 186 valence electrons. The average molecular weight is 478 g/mol. The Balaban J connectivity index is 1.37. The van der Waals surface area contributed by atoms with Gasteiger partial charge in [0.2, 0.25) is 0 Å². The van der Waals surface area contributed by atoms with E-state index in [1.54, 1.807) is 7.11 Å². The minimum Gasteiger partial charge on any atom is -0.497 e. The number of para-hydroxylation sites is 1. The highest BCUT2D eigenvalue weighted by molar-refractivity contribution is 5.87. The number of aromatic nitrogens is 1. The van der Waals surface area contributed by atoms with Gasteiger partial charge in [-0.1, -0.05) is 18.2 Å². The molecule has 0 amide bonds. The van der Waals surface area contributed by atoms with Gasteiger partial charge in [0, 0.05) is 49.2 Å². The van der Waals surface area contributed by atoms with Crippen LogP contribution in [0.3, 0.4) is 0 Å². The largest absolute Gasteiger partial charge is 0.497 e. The first kappa shape index (κ1) is 23.7. The third-order valence-corrected chi connectivity index (χ3v) is 7.63. The third-order valence-electron chi connectivity index (χ3n) is 7.63. The summed E-state index contributed by atoms with van der Waals surface area (Å²) in [6.45, 7) is 5.41. The number of nitrogens with zero attached hydrogens (tertiary/aromatic N) is 2. The smallest absolute Gasteiger partial charge is 0.303 e. The molecule has 1 atom stereocenters. The van der Waals surface area contributed by atoms with Gasteiger partial charge in [0.1, 0.15) is 18.1 Å². The molecule has 2 N–H and O–H groups in total. The number of hydrogen-bond donors (Lipinski definition) is 2. The number of methoxy groups -OCH3 is 1. The summed E-state index contributed by atoms with van der Waals surface area (Å²) < 4.78 is 11.5. The Labute approximate surface area is 206 Å². The molecule has 5 rings (SSSR count). The molecule has 7 nitrogen and oxygen atoms in total. The van der Waals surface area contributed by atoms with Crippen LogP contribution in [0, 0.1) is 0 Å². The average Bonchev–Trinajstić information content (AvgIpc) is 3.46. The van der Waals surface area contributed by atoms with Crippen molar-refractivity contribution in [1.82, 2.24) is 14.8 Å². The van der Waals surface area contributed by atoms with Crippen LogP contribution in [0.4, 0.5) is 0 Å². The van der Waals surface area contributed by atoms with Crippen LogP contribution >= 0.6 is 0 Å². The SMILES string of the molecule is COc1ccc2[nH]c3c(c2c1)CCN(CCCCC(=O)O)C31CCN(CCOc2ccccc2)C1. The number of nitrogens with one attached hydrogen (secondary N) is 1. The second-order valence-corrected chi connectivity index (χ2v) is 9.70. The number of hydrogen-bond acceptors (Lipinski definition) is 5. The number of aromatic amines is 1. The summed E-state index contributed by atoms with van der Waals surface area (Å²) in [6, 6.07) is 16.3. The van der Waals surface area contributed by atoms with Crippen molar-refractivity contribution < 1.29 is 19.4 Å². The highest BCUT2D eigenvalue weighted by Gasteiger charge is 2.48. The van der Waals surface area contributed by atoms with Crippen LogP contribution in [-0.2, 0) is 16.8 Å². The Morgan fingerprint density at radius 3 is 2.74 bits per heavy atom. The summed E-state index contributed by atoms with van der Waals surface area (Å²) in [6.07, 6.45) is 3.89. The standard InChI is InChI=1S/C28H35N3O4/c1-34-22-10-11-25-24(19-22)23-12-15-31(14-6-5-9-26(32)33)28(27(23)29-25)13-16-30(20-28)17-18-35-21-7-3-2-4-8-21/h2-4,7-8,10-11,19,29H,5-6,9,12-18,20H2,1H3,(H,32,33). The highest BCUT2D eigenvalue weighted by Crippen LogP contribution is 2.45. The van der Waals surface area contributed by atoms with Crippen molar-refractivity contribution >= 4 is 16.9 Å². The van der Waals surface area contributed by atoms with E-state index in [4.69, 9.17) is 14.6 Å². The molecule has 0 radical (unpaired) electrons. The Hall–Kier alpha value is -3.03. The van der Waals surface area contributed by atoms with E-state index >= 15 is 0 Å². The minimum absolute atomic E-state index is 0.0875. The van der Waals surface area contributed by atoms with Crippen molar-refractivity contribution in [3.63, 3.8) is 0 Å². The fourth-order valence-electron chi connectivity index (χ4n) is 5.87. The zero-order chi connectivity index (χ0) is 24.3. The quantitative estimate of drug-likeness (QED) is 0.425. The maximum atomic E-state index is 11.0. The van der Waals surface area contributed by atoms with E-state index in [0.29, 0.717) is 13.0 Å². The van der Waals surface area contributed by atoms with E-state index in [9.17, 15) is 4.79 Å². The molecule has 7 heteroatoms. The summed E-state index contributed by atoms with van der Waals surface area (Å²) in [5, 5.41) is 10.3. The Bertz CT molecular complexity index is 1160. The molecular weight excluding hydrogens is 442 g/mol. The van der Waals surface area contributed by atoms with Gasteiger partial charge >= 0.3 is 5.97 Å². The molecule has 1 saturated heterocycles. The number of rotatable bonds is 10. The maximum Gasteiger partial charge on any atom is 0.303 e. The van der Waals surface area contributed by atoms with E-state index < -0.39 is 5.97 Å². The third kappa shape index (κ3) is 4.88. The lowest BCUT2D eigenvalue weighted by molar-refractivity contribution is -0.137. The lowest BCUT2D eigenvalue weighted by Gasteiger charge is -2.45. The van der Waals surface area contributed by atoms with Crippen LogP contribution in [0.5, 0.6) is 11.5 Å². The number of carboxylic acids is 1. The predicted octanol–water partition coefficient (Wildman–Crippen LogP) is 4.27. The van der Waals surface area contributed by atoms with Crippen molar-refractivity contribution in [3.8, 4) is 11.5 Å². The number of H-pyrrole nitrogens is 1. The molecule has 0 bridgehead atoms. The van der Waals surface area contributed by atoms with Gasteiger partial charge in [-0.3, -0.25) is 14.6 Å². The molecule has 1 unspecified atom stereocenters. The van der Waals surface area contributed by atoms with E-state index in [1.165, 1.54) is 16.6 Å². The lowest BCUT2D eigenvalue weighted by atomic mass is 9.83. The van der Waals surface area contributed by atoms with Crippen molar-refractivity contribution in [1.29, 1.82) is 0 Å². The first-order valence-corrected chi connectivity index (χ1v) is 12.7. The van der Waals surface area contributed by atoms with E-state index in [2.05, 4.69) is 26.9 Å². The number of carbonyl (C=O) groups is 1. The lowest BCUT2D eigenvalue weighted by Crippen LogP contribution is -2.52. The summed E-state index contributed by atoms with van der Waals surface area (Å²) >= 11 is 0. The van der Waals surface area contributed by atoms with Gasteiger partial charge < -0.3 is 19.6 Å². The molecular formula is C28H35N3O4. The zero-order valence-corrected chi connectivity index (χ0v) is 20.5. The molecule has 1 spiro atoms. The normalized spacial score (nSPS) is 20.4. The van der Waals surface area contributed by atoms with Crippen LogP contribution in [-0.4, -0.2) is 72.3 Å². The highest BCUT2D eigenvalue weighted by atomic mass is 16.5. The van der Waals surface area contributed by atoms with Crippen molar-refractivity contribution in [2.24, 2.45) is 0 Å². The van der Waals surface area contributed by atoms with Crippen molar-refractivity contribution in [3.05, 3.63) is 59.8 Å². The van der Waals surface area contributed by atoms with Gasteiger partial charge in [0.05, 0.1) is 12.6 Å². The summed E-state index contributed by atoms with van der Waals surface area (Å²) in [5.41, 5.74) is 3.81.